The highest BCUT2D eigenvalue weighted by Crippen LogP contribution is 2.42. The summed E-state index contributed by atoms with van der Waals surface area (Å²) in [5.41, 5.74) is 3.68. The summed E-state index contributed by atoms with van der Waals surface area (Å²) >= 11 is 3.43. The predicted octanol–water partition coefficient (Wildman–Crippen LogP) is 3.38. The van der Waals surface area contributed by atoms with Crippen LogP contribution in [0.1, 0.15) is 46.1 Å². The molecule has 1 fully saturated rings. The Kier molecular flexibility index (Phi) is 5.75. The summed E-state index contributed by atoms with van der Waals surface area (Å²) in [6.07, 6.45) is 3.25. The Morgan fingerprint density at radius 3 is 2.33 bits per heavy atom. The monoisotopic (exact) mass is 488 g/mol. The van der Waals surface area contributed by atoms with Crippen molar-refractivity contribution in [2.45, 2.75) is 31.1 Å². The van der Waals surface area contributed by atoms with E-state index >= 15 is 0 Å². The molecule has 0 atom stereocenters. The third kappa shape index (κ3) is 4.96. The van der Waals surface area contributed by atoms with Crippen LogP contribution in [-0.2, 0) is 22.1 Å². The van der Waals surface area contributed by atoms with Crippen molar-refractivity contribution in [1.29, 1.82) is 0 Å². The Hall–Kier alpha value is -2.52. The van der Waals surface area contributed by atoms with E-state index in [-0.39, 0.29) is 11.7 Å². The predicted molar refractivity (Wildman–Crippen MR) is 117 cm³/mol. The molecule has 0 bridgehead atoms. The van der Waals surface area contributed by atoms with E-state index in [0.29, 0.717) is 18.2 Å². The van der Waals surface area contributed by atoms with Crippen LogP contribution in [0.4, 0.5) is 0 Å². The second-order valence-electron chi connectivity index (χ2n) is 7.56. The summed E-state index contributed by atoms with van der Waals surface area (Å²) in [5, 5.41) is 11.3. The van der Waals surface area contributed by atoms with Crippen LogP contribution in [0.15, 0.2) is 53.0 Å². The highest BCUT2D eigenvalue weighted by molar-refractivity contribution is 9.10. The SMILES string of the molecule is CS(=O)(=O)Cc1ccc(CNC(=O)c2nnn(-c3ccc(Br)cc3)c2C2CC2)cc1. The number of carbonyl (C=O) groups is 1. The maximum Gasteiger partial charge on any atom is 0.274 e. The number of sulfone groups is 1. The third-order valence-electron chi connectivity index (χ3n) is 4.86. The highest BCUT2D eigenvalue weighted by atomic mass is 79.9. The van der Waals surface area contributed by atoms with E-state index in [1.54, 1.807) is 16.8 Å². The molecule has 1 N–H and O–H groups in total. The van der Waals surface area contributed by atoms with Gasteiger partial charge in [-0.3, -0.25) is 4.79 Å². The first-order valence-electron chi connectivity index (χ1n) is 9.55. The number of amides is 1. The van der Waals surface area contributed by atoms with Gasteiger partial charge in [0.25, 0.3) is 5.91 Å². The molecule has 1 aliphatic rings. The summed E-state index contributed by atoms with van der Waals surface area (Å²) in [5.74, 6) is 0.0314. The number of hydrogen-bond acceptors (Lipinski definition) is 5. The van der Waals surface area contributed by atoms with Crippen LogP contribution in [-0.4, -0.2) is 35.6 Å². The Labute approximate surface area is 183 Å². The lowest BCUT2D eigenvalue weighted by atomic mass is 10.1. The fourth-order valence-corrected chi connectivity index (χ4v) is 4.33. The largest absolute Gasteiger partial charge is 0.347 e. The lowest BCUT2D eigenvalue weighted by Gasteiger charge is -2.08. The number of halogens is 1. The van der Waals surface area contributed by atoms with Gasteiger partial charge in [0.15, 0.2) is 15.5 Å². The molecule has 0 aliphatic heterocycles. The molecule has 1 aliphatic carbocycles. The van der Waals surface area contributed by atoms with Gasteiger partial charge < -0.3 is 5.32 Å². The lowest BCUT2D eigenvalue weighted by Crippen LogP contribution is -2.24. The van der Waals surface area contributed by atoms with E-state index in [0.717, 1.165) is 39.8 Å². The van der Waals surface area contributed by atoms with Crippen LogP contribution in [0, 0.1) is 0 Å². The zero-order valence-electron chi connectivity index (χ0n) is 16.4. The van der Waals surface area contributed by atoms with E-state index < -0.39 is 9.84 Å². The average molecular weight is 489 g/mol. The molecule has 9 heteroatoms. The van der Waals surface area contributed by atoms with Crippen LogP contribution in [0.2, 0.25) is 0 Å². The topological polar surface area (TPSA) is 93.9 Å². The van der Waals surface area contributed by atoms with Crippen molar-refractivity contribution in [2.75, 3.05) is 6.26 Å². The summed E-state index contributed by atoms with van der Waals surface area (Å²) in [6.45, 7) is 0.327. The second kappa shape index (κ2) is 8.31. The van der Waals surface area contributed by atoms with Crippen LogP contribution in [0.25, 0.3) is 5.69 Å². The summed E-state index contributed by atoms with van der Waals surface area (Å²) in [4.78, 5) is 12.8. The quantitative estimate of drug-likeness (QED) is 0.549. The fraction of sp³-hybridized carbons (Fsp3) is 0.286. The molecule has 0 unspecified atom stereocenters. The standard InChI is InChI=1S/C21H21BrN4O3S/c1-30(28,29)13-15-4-2-14(3-5-15)12-23-21(27)19-20(16-6-7-16)26(25-24-19)18-10-8-17(22)9-11-18/h2-5,8-11,16H,6-7,12-13H2,1H3,(H,23,27). The molecule has 4 rings (SSSR count). The molecule has 2 aromatic carbocycles. The minimum absolute atomic E-state index is 0.00352. The second-order valence-corrected chi connectivity index (χ2v) is 10.6. The molecule has 156 valence electrons. The zero-order chi connectivity index (χ0) is 21.3. The first-order valence-corrected chi connectivity index (χ1v) is 12.4. The zero-order valence-corrected chi connectivity index (χ0v) is 18.8. The molecule has 30 heavy (non-hydrogen) atoms. The first kappa shape index (κ1) is 20.7. The molecule has 0 saturated heterocycles. The fourth-order valence-electron chi connectivity index (χ4n) is 3.27. The Balaban J connectivity index is 1.48. The van der Waals surface area contributed by atoms with Gasteiger partial charge in [-0.25, -0.2) is 13.1 Å². The molecular formula is C21H21BrN4O3S. The van der Waals surface area contributed by atoms with E-state index in [9.17, 15) is 13.2 Å². The van der Waals surface area contributed by atoms with Crippen molar-refractivity contribution in [2.24, 2.45) is 0 Å². The first-order chi connectivity index (χ1) is 14.3. The summed E-state index contributed by atoms with van der Waals surface area (Å²) in [6, 6.07) is 14.9. The molecule has 1 amide bonds. The minimum atomic E-state index is -3.07. The van der Waals surface area contributed by atoms with E-state index in [1.807, 2.05) is 36.4 Å². The summed E-state index contributed by atoms with van der Waals surface area (Å²) < 4.78 is 25.5. The van der Waals surface area contributed by atoms with Crippen LogP contribution in [0.5, 0.6) is 0 Å². The van der Waals surface area contributed by atoms with Crippen LogP contribution < -0.4 is 5.32 Å². The number of rotatable bonds is 7. The maximum absolute atomic E-state index is 12.8. The van der Waals surface area contributed by atoms with Crippen molar-refractivity contribution in [1.82, 2.24) is 20.3 Å². The lowest BCUT2D eigenvalue weighted by molar-refractivity contribution is 0.0944. The van der Waals surface area contributed by atoms with Crippen molar-refractivity contribution >= 4 is 31.7 Å². The number of hydrogen-bond donors (Lipinski definition) is 1. The smallest absolute Gasteiger partial charge is 0.274 e. The van der Waals surface area contributed by atoms with E-state index in [4.69, 9.17) is 0 Å². The summed E-state index contributed by atoms with van der Waals surface area (Å²) in [7, 11) is -3.07. The molecule has 0 spiro atoms. The molecule has 1 aromatic heterocycles. The van der Waals surface area contributed by atoms with Gasteiger partial charge in [-0.05, 0) is 48.2 Å². The minimum Gasteiger partial charge on any atom is -0.347 e. The molecule has 3 aromatic rings. The molecule has 1 saturated carbocycles. The van der Waals surface area contributed by atoms with Gasteiger partial charge in [0.1, 0.15) is 0 Å². The van der Waals surface area contributed by atoms with E-state index in [2.05, 4.69) is 31.6 Å². The third-order valence-corrected chi connectivity index (χ3v) is 6.25. The Bertz CT molecular complexity index is 1170. The Morgan fingerprint density at radius 2 is 1.73 bits per heavy atom. The van der Waals surface area contributed by atoms with Crippen LogP contribution in [0.3, 0.4) is 0 Å². The van der Waals surface area contributed by atoms with Gasteiger partial charge in [-0.2, -0.15) is 0 Å². The van der Waals surface area contributed by atoms with Gasteiger partial charge in [-0.15, -0.1) is 5.10 Å². The van der Waals surface area contributed by atoms with Crippen molar-refractivity contribution < 1.29 is 13.2 Å². The molecule has 1 heterocycles. The number of nitrogens with one attached hydrogen (secondary N) is 1. The maximum atomic E-state index is 12.8. The van der Waals surface area contributed by atoms with Gasteiger partial charge >= 0.3 is 0 Å². The Morgan fingerprint density at radius 1 is 1.10 bits per heavy atom. The van der Waals surface area contributed by atoms with Crippen molar-refractivity contribution in [3.05, 3.63) is 75.5 Å². The molecule has 7 nitrogen and oxygen atoms in total. The number of aromatic nitrogens is 3. The van der Waals surface area contributed by atoms with Gasteiger partial charge in [-0.1, -0.05) is 45.4 Å². The van der Waals surface area contributed by atoms with Crippen LogP contribution >= 0.6 is 15.9 Å². The average Bonchev–Trinajstić information content (AvgIpc) is 3.45. The number of benzene rings is 2. The van der Waals surface area contributed by atoms with Crippen molar-refractivity contribution in [3.8, 4) is 5.69 Å². The molecule has 0 radical (unpaired) electrons. The number of carbonyl (C=O) groups excluding carboxylic acids is 1. The van der Waals surface area contributed by atoms with Gasteiger partial charge in [0, 0.05) is 23.2 Å². The van der Waals surface area contributed by atoms with Gasteiger partial charge in [0.2, 0.25) is 0 Å². The van der Waals surface area contributed by atoms with Gasteiger partial charge in [0.05, 0.1) is 17.1 Å². The normalized spacial score (nSPS) is 13.9. The highest BCUT2D eigenvalue weighted by Gasteiger charge is 2.34. The number of nitrogens with zero attached hydrogens (tertiary/aromatic N) is 3. The molecular weight excluding hydrogens is 468 g/mol. The van der Waals surface area contributed by atoms with E-state index in [1.165, 1.54) is 6.26 Å². The van der Waals surface area contributed by atoms with Crippen molar-refractivity contribution in [3.63, 3.8) is 0 Å².